The Kier molecular flexibility index (Phi) is 15.1. The summed E-state index contributed by atoms with van der Waals surface area (Å²) in [5.41, 5.74) is 14.9. The first-order chi connectivity index (χ1) is 35.2. The van der Waals surface area contributed by atoms with Gasteiger partial charge in [-0.3, -0.25) is 0 Å². The fraction of sp³-hybridized carbons (Fsp3) is 0.310. The van der Waals surface area contributed by atoms with Crippen molar-refractivity contribution in [2.75, 3.05) is 9.80 Å². The van der Waals surface area contributed by atoms with Crippen LogP contribution in [0.5, 0.6) is 11.5 Å². The summed E-state index contributed by atoms with van der Waals surface area (Å²) in [6, 6.07) is 63.3. The predicted octanol–water partition coefficient (Wildman–Crippen LogP) is 19.3. The topological polar surface area (TPSA) is 33.5 Å². The molecule has 6 heteroatoms. The molecule has 0 N–H and O–H groups in total. The summed E-state index contributed by atoms with van der Waals surface area (Å²) >= 11 is 0. The zero-order valence-corrected chi connectivity index (χ0v) is 50.9. The molecular formula is C71H78N4OPt. The number of fused-ring (bicyclic) bond motifs is 4. The zero-order valence-electron chi connectivity index (χ0n) is 48.6. The Labute approximate surface area is 476 Å². The predicted molar refractivity (Wildman–Crippen MR) is 323 cm³/mol. The molecule has 2 aromatic heterocycles. The average molecular weight is 1200 g/mol. The minimum absolute atomic E-state index is 0. The van der Waals surface area contributed by atoms with E-state index >= 15 is 0 Å². The number of nitrogens with zero attached hydrogens (tertiary/aromatic N) is 4. The smallest absolute Gasteiger partial charge is 0.509 e. The van der Waals surface area contributed by atoms with E-state index in [1.54, 1.807) is 0 Å². The summed E-state index contributed by atoms with van der Waals surface area (Å²) in [7, 11) is 0. The van der Waals surface area contributed by atoms with Crippen molar-refractivity contribution in [3.8, 4) is 17.3 Å². The van der Waals surface area contributed by atoms with E-state index in [0.29, 0.717) is 11.5 Å². The molecule has 7 aromatic carbocycles. The Morgan fingerprint density at radius 3 is 1.57 bits per heavy atom. The summed E-state index contributed by atoms with van der Waals surface area (Å²) in [5, 5.41) is 2.32. The molecular weight excluding hydrogens is 1120 g/mol. The molecule has 0 bridgehead atoms. The van der Waals surface area contributed by atoms with E-state index in [4.69, 9.17) is 9.72 Å². The number of hydrogen-bond donors (Lipinski definition) is 0. The molecule has 398 valence electrons. The van der Waals surface area contributed by atoms with Crippen molar-refractivity contribution in [1.29, 1.82) is 0 Å². The van der Waals surface area contributed by atoms with Crippen LogP contribution in [0.25, 0.3) is 27.6 Å². The van der Waals surface area contributed by atoms with E-state index < -0.39 is 0 Å². The van der Waals surface area contributed by atoms with Gasteiger partial charge in [0.25, 0.3) is 0 Å². The number of rotatable bonds is 9. The molecule has 5 nitrogen and oxygen atoms in total. The maximum Gasteiger partial charge on any atom is 4.00 e. The van der Waals surface area contributed by atoms with Crippen LogP contribution in [-0.4, -0.2) is 9.55 Å². The molecule has 0 atom stereocenters. The van der Waals surface area contributed by atoms with Crippen molar-refractivity contribution < 1.29 is 25.8 Å². The number of ether oxygens (including phenoxy) is 1. The number of pyridine rings is 1. The molecule has 0 aliphatic carbocycles. The summed E-state index contributed by atoms with van der Waals surface area (Å²) in [5.74, 6) is 2.12. The van der Waals surface area contributed by atoms with Crippen molar-refractivity contribution >= 4 is 44.6 Å². The summed E-state index contributed by atoms with van der Waals surface area (Å²) in [6.07, 6.45) is 1.93. The van der Waals surface area contributed by atoms with Gasteiger partial charge < -0.3 is 26.5 Å². The molecule has 1 aliphatic rings. The first-order valence-corrected chi connectivity index (χ1v) is 26.8. The maximum absolute atomic E-state index is 7.19. The second-order valence-corrected chi connectivity index (χ2v) is 26.1. The molecule has 10 rings (SSSR count). The minimum Gasteiger partial charge on any atom is -0.509 e. The van der Waals surface area contributed by atoms with Gasteiger partial charge in [-0.15, -0.1) is 53.8 Å². The fourth-order valence-electron chi connectivity index (χ4n) is 10.7. The summed E-state index contributed by atoms with van der Waals surface area (Å²) in [4.78, 5) is 9.71. The van der Waals surface area contributed by atoms with Gasteiger partial charge in [-0.25, -0.2) is 4.98 Å². The van der Waals surface area contributed by atoms with E-state index in [1.807, 2.05) is 6.20 Å². The van der Waals surface area contributed by atoms with Gasteiger partial charge in [0.1, 0.15) is 5.82 Å². The minimum atomic E-state index is -0.285. The van der Waals surface area contributed by atoms with E-state index in [9.17, 15) is 0 Å². The second kappa shape index (κ2) is 20.4. The second-order valence-electron chi connectivity index (χ2n) is 26.1. The van der Waals surface area contributed by atoms with E-state index in [1.165, 1.54) is 44.3 Å². The third-order valence-electron chi connectivity index (χ3n) is 15.7. The number of para-hydroxylation sites is 1. The first-order valence-electron chi connectivity index (χ1n) is 26.8. The molecule has 77 heavy (non-hydrogen) atoms. The van der Waals surface area contributed by atoms with Crippen LogP contribution in [0, 0.1) is 26.2 Å². The van der Waals surface area contributed by atoms with Crippen molar-refractivity contribution in [1.82, 2.24) is 9.55 Å². The van der Waals surface area contributed by atoms with E-state index in [2.05, 4.69) is 296 Å². The number of hydrogen-bond acceptors (Lipinski definition) is 4. The molecule has 0 radical (unpaired) electrons. The van der Waals surface area contributed by atoms with Gasteiger partial charge in [-0.2, -0.15) is 0 Å². The van der Waals surface area contributed by atoms with Crippen LogP contribution in [0.15, 0.2) is 158 Å². The summed E-state index contributed by atoms with van der Waals surface area (Å²) < 4.78 is 9.46. The standard InChI is InChI=1S/C70H75N4O.CH3.Pt/c1-65(2,3)48-31-32-60-61(40-48)73(45-72(60)53-37-51(69(13,14)46-25-19-17-20-26-46)35-52(38-53)70(15,16)47-27-21-18-22-28-47)54-36-50(67(7,8)9)39-55(42-54)75-56-43-58(68(10,11)12)64-57-29-23-24-30-59(57)74(62(64)44-56)63-41-49(33-34-71-63)66(4,5)6;;/h17-41,43,45H,1-16H3;1H3;/q-3;-1;+4. The fourth-order valence-corrected chi connectivity index (χ4v) is 10.7. The molecule has 0 amide bonds. The monoisotopic (exact) mass is 1200 g/mol. The Hall–Kier alpha value is -6.42. The van der Waals surface area contributed by atoms with Gasteiger partial charge >= 0.3 is 21.1 Å². The Bertz CT molecular complexity index is 3530. The van der Waals surface area contributed by atoms with Gasteiger partial charge in [-0.1, -0.05) is 213 Å². The molecule has 1 aliphatic heterocycles. The maximum atomic E-state index is 7.19. The zero-order chi connectivity index (χ0) is 53.6. The van der Waals surface area contributed by atoms with Gasteiger partial charge in [0.05, 0.1) is 0 Å². The van der Waals surface area contributed by atoms with Crippen molar-refractivity contribution in [3.05, 3.63) is 229 Å². The third-order valence-corrected chi connectivity index (χ3v) is 15.7. The normalized spacial score (nSPS) is 13.4. The average Bonchev–Trinajstić information content (AvgIpc) is 3.96. The molecule has 3 heterocycles. The molecule has 0 unspecified atom stereocenters. The molecule has 9 aromatic rings. The van der Waals surface area contributed by atoms with Gasteiger partial charge in [-0.05, 0) is 103 Å². The largest absolute Gasteiger partial charge is 4.00 e. The molecule has 0 saturated carbocycles. The van der Waals surface area contributed by atoms with E-state index in [-0.39, 0.29) is 61.0 Å². The molecule has 0 spiro atoms. The van der Waals surface area contributed by atoms with Crippen molar-refractivity contribution in [3.63, 3.8) is 0 Å². The summed E-state index contributed by atoms with van der Waals surface area (Å²) in [6.45, 7) is 38.9. The quantitative estimate of drug-likeness (QED) is 0.135. The van der Waals surface area contributed by atoms with Crippen LogP contribution in [0.3, 0.4) is 0 Å². The van der Waals surface area contributed by atoms with Crippen LogP contribution in [0.1, 0.15) is 155 Å². The van der Waals surface area contributed by atoms with Gasteiger partial charge in [0, 0.05) is 51.1 Å². The van der Waals surface area contributed by atoms with Crippen LogP contribution in [0.2, 0.25) is 0 Å². The van der Waals surface area contributed by atoms with Crippen molar-refractivity contribution in [2.24, 2.45) is 0 Å². The number of aromatic nitrogens is 2. The van der Waals surface area contributed by atoms with Gasteiger partial charge in [0.15, 0.2) is 0 Å². The van der Waals surface area contributed by atoms with E-state index in [0.717, 1.165) is 50.6 Å². The Morgan fingerprint density at radius 2 is 1.00 bits per heavy atom. The third kappa shape index (κ3) is 10.8. The number of anilines is 4. The van der Waals surface area contributed by atoms with Crippen LogP contribution in [-0.2, 0) is 53.6 Å². The first kappa shape index (κ1) is 56.8. The Balaban J connectivity index is 0.00000392. The van der Waals surface area contributed by atoms with Crippen molar-refractivity contribution in [2.45, 2.75) is 143 Å². The van der Waals surface area contributed by atoms with Crippen LogP contribution >= 0.6 is 0 Å². The molecule has 0 fully saturated rings. The van der Waals surface area contributed by atoms with Crippen LogP contribution in [0.4, 0.5) is 22.7 Å². The molecule has 0 saturated heterocycles. The van der Waals surface area contributed by atoms with Gasteiger partial charge in [0.2, 0.25) is 0 Å². The van der Waals surface area contributed by atoms with Crippen LogP contribution < -0.4 is 14.5 Å². The Morgan fingerprint density at radius 1 is 0.455 bits per heavy atom. The SMILES string of the molecule is CC(C)(C)c1cc(Oc2[c-]c3c(c(C(C)(C)C)c2)c2ccccc2n3-c2cc(C(C)(C)C)ccn2)[c-]c(N2[CH-]N(c3cc(C(C)(C)c4ccccc4)cc(C(C)(C)c4ccccc4)c3)c3ccc(C(C)(C)C)cc32)c1.[CH3-].[Pt+4]. The number of benzene rings is 7.